The van der Waals surface area contributed by atoms with Gasteiger partial charge in [-0.15, -0.1) is 11.3 Å². The predicted octanol–water partition coefficient (Wildman–Crippen LogP) is 4.81. The Morgan fingerprint density at radius 3 is 2.81 bits per heavy atom. The van der Waals surface area contributed by atoms with Crippen LogP contribution in [0.2, 0.25) is 0 Å². The molecule has 0 saturated carbocycles. The lowest BCUT2D eigenvalue weighted by Gasteiger charge is -2.19. The third-order valence-corrected chi connectivity index (χ3v) is 6.44. The fraction of sp³-hybridized carbons (Fsp3) is 0.417. The van der Waals surface area contributed by atoms with Crippen molar-refractivity contribution in [1.82, 2.24) is 4.98 Å². The summed E-state index contributed by atoms with van der Waals surface area (Å²) >= 11 is 7.19. The zero-order valence-corrected chi connectivity index (χ0v) is 12.6. The summed E-state index contributed by atoms with van der Waals surface area (Å²) in [5, 5.41) is 1.03. The maximum atomic E-state index is 4.62. The van der Waals surface area contributed by atoms with Crippen molar-refractivity contribution in [2.75, 3.05) is 11.1 Å². The number of alkyl halides is 1. The molecule has 4 heteroatoms. The molecular formula is C12H14BrNS2. The second-order valence-electron chi connectivity index (χ2n) is 4.53. The van der Waals surface area contributed by atoms with Crippen LogP contribution in [-0.4, -0.2) is 16.1 Å². The molecule has 0 fully saturated rings. The van der Waals surface area contributed by atoms with Gasteiger partial charge in [-0.25, -0.2) is 4.98 Å². The van der Waals surface area contributed by atoms with Gasteiger partial charge in [-0.1, -0.05) is 53.7 Å². The molecule has 0 N–H and O–H groups in total. The van der Waals surface area contributed by atoms with Crippen LogP contribution in [0.25, 0.3) is 10.2 Å². The van der Waals surface area contributed by atoms with Crippen molar-refractivity contribution < 1.29 is 0 Å². The van der Waals surface area contributed by atoms with Crippen molar-refractivity contribution in [3.63, 3.8) is 0 Å². The van der Waals surface area contributed by atoms with Crippen LogP contribution in [-0.2, 0) is 0 Å². The van der Waals surface area contributed by atoms with Crippen LogP contribution in [0, 0.1) is 5.41 Å². The number of fused-ring (bicyclic) bond motifs is 1. The van der Waals surface area contributed by atoms with Crippen molar-refractivity contribution in [2.24, 2.45) is 5.41 Å². The Balaban J connectivity index is 2.10. The number of aromatic nitrogens is 1. The topological polar surface area (TPSA) is 12.9 Å². The van der Waals surface area contributed by atoms with E-state index in [-0.39, 0.29) is 0 Å². The number of thioether (sulfide) groups is 1. The van der Waals surface area contributed by atoms with Crippen LogP contribution in [0.4, 0.5) is 0 Å². The van der Waals surface area contributed by atoms with E-state index in [0.717, 1.165) is 16.6 Å². The van der Waals surface area contributed by atoms with E-state index in [1.54, 1.807) is 11.3 Å². The van der Waals surface area contributed by atoms with Crippen LogP contribution in [0.1, 0.15) is 13.8 Å². The van der Waals surface area contributed by atoms with E-state index >= 15 is 0 Å². The largest absolute Gasteiger partial charge is 0.230 e. The molecule has 1 aromatic heterocycles. The Morgan fingerprint density at radius 1 is 1.38 bits per heavy atom. The summed E-state index contributed by atoms with van der Waals surface area (Å²) in [5.74, 6) is 1.10. The third-order valence-electron chi connectivity index (χ3n) is 2.22. The summed E-state index contributed by atoms with van der Waals surface area (Å²) in [7, 11) is 0. The highest BCUT2D eigenvalue weighted by Crippen LogP contribution is 2.33. The zero-order chi connectivity index (χ0) is 11.6. The Kier molecular flexibility index (Phi) is 3.93. The summed E-state index contributed by atoms with van der Waals surface area (Å²) in [5.41, 5.74) is 1.44. The third kappa shape index (κ3) is 2.99. The fourth-order valence-corrected chi connectivity index (χ4v) is 3.83. The quantitative estimate of drug-likeness (QED) is 0.593. The molecule has 0 spiro atoms. The van der Waals surface area contributed by atoms with Crippen molar-refractivity contribution in [3.8, 4) is 0 Å². The average molecular weight is 316 g/mol. The highest BCUT2D eigenvalue weighted by Gasteiger charge is 2.17. The number of para-hydroxylation sites is 1. The molecule has 0 atom stereocenters. The van der Waals surface area contributed by atoms with Gasteiger partial charge < -0.3 is 0 Å². The number of rotatable bonds is 4. The van der Waals surface area contributed by atoms with E-state index in [4.69, 9.17) is 0 Å². The van der Waals surface area contributed by atoms with E-state index in [2.05, 4.69) is 53.0 Å². The number of halogens is 1. The number of hydrogen-bond donors (Lipinski definition) is 0. The van der Waals surface area contributed by atoms with Crippen molar-refractivity contribution >= 4 is 49.2 Å². The van der Waals surface area contributed by atoms with Gasteiger partial charge in [0.05, 0.1) is 10.2 Å². The summed E-state index contributed by atoms with van der Waals surface area (Å²) in [4.78, 5) is 4.62. The molecule has 0 aliphatic heterocycles. The van der Waals surface area contributed by atoms with Gasteiger partial charge in [0.2, 0.25) is 0 Å². The first kappa shape index (κ1) is 12.4. The first-order valence-corrected chi connectivity index (χ1v) is 8.07. The molecule has 0 aliphatic carbocycles. The Bertz CT molecular complexity index is 446. The van der Waals surface area contributed by atoms with Crippen molar-refractivity contribution in [1.29, 1.82) is 0 Å². The predicted molar refractivity (Wildman–Crippen MR) is 77.9 cm³/mol. The van der Waals surface area contributed by atoms with Gasteiger partial charge in [-0.2, -0.15) is 0 Å². The van der Waals surface area contributed by atoms with E-state index in [1.807, 2.05) is 17.8 Å². The Hall–Kier alpha value is -0.0600. The van der Waals surface area contributed by atoms with Crippen LogP contribution in [0.5, 0.6) is 0 Å². The SMILES string of the molecule is CC(C)(CBr)CSc1nc2ccccc2s1. The molecule has 0 amide bonds. The monoisotopic (exact) mass is 315 g/mol. The summed E-state index contributed by atoms with van der Waals surface area (Å²) in [6, 6.07) is 8.31. The zero-order valence-electron chi connectivity index (χ0n) is 9.37. The summed E-state index contributed by atoms with van der Waals surface area (Å²) < 4.78 is 2.46. The van der Waals surface area contributed by atoms with Gasteiger partial charge in [-0.3, -0.25) is 0 Å². The minimum Gasteiger partial charge on any atom is -0.230 e. The molecule has 86 valence electrons. The lowest BCUT2D eigenvalue weighted by atomic mass is 10.0. The average Bonchev–Trinajstić information content (AvgIpc) is 2.69. The second kappa shape index (κ2) is 5.07. The highest BCUT2D eigenvalue weighted by atomic mass is 79.9. The smallest absolute Gasteiger partial charge is 0.151 e. The van der Waals surface area contributed by atoms with E-state index in [1.165, 1.54) is 9.04 Å². The molecule has 0 aliphatic rings. The van der Waals surface area contributed by atoms with Crippen molar-refractivity contribution in [2.45, 2.75) is 18.2 Å². The minimum atomic E-state index is 0.322. The minimum absolute atomic E-state index is 0.322. The molecule has 0 saturated heterocycles. The molecule has 16 heavy (non-hydrogen) atoms. The fourth-order valence-electron chi connectivity index (χ4n) is 1.21. The first-order valence-electron chi connectivity index (χ1n) is 5.15. The molecule has 0 radical (unpaired) electrons. The number of benzene rings is 1. The molecule has 1 heterocycles. The van der Waals surface area contributed by atoms with Gasteiger partial charge in [0.25, 0.3) is 0 Å². The molecule has 2 aromatic rings. The maximum Gasteiger partial charge on any atom is 0.151 e. The van der Waals surface area contributed by atoms with Crippen LogP contribution in [0.15, 0.2) is 28.6 Å². The molecule has 2 rings (SSSR count). The molecule has 0 bridgehead atoms. The van der Waals surface area contributed by atoms with Crippen LogP contribution in [0.3, 0.4) is 0 Å². The van der Waals surface area contributed by atoms with E-state index in [9.17, 15) is 0 Å². The van der Waals surface area contributed by atoms with E-state index in [0.29, 0.717) is 5.41 Å². The standard InChI is InChI=1S/C12H14BrNS2/c1-12(2,7-13)8-15-11-14-9-5-3-4-6-10(9)16-11/h3-6H,7-8H2,1-2H3. The Morgan fingerprint density at radius 2 is 2.12 bits per heavy atom. The first-order chi connectivity index (χ1) is 7.61. The number of nitrogens with zero attached hydrogens (tertiary/aromatic N) is 1. The van der Waals surface area contributed by atoms with E-state index < -0.39 is 0 Å². The molecule has 1 nitrogen and oxygen atoms in total. The summed E-state index contributed by atoms with van der Waals surface area (Å²) in [6.45, 7) is 4.53. The molecule has 1 aromatic carbocycles. The molecular weight excluding hydrogens is 302 g/mol. The maximum absolute atomic E-state index is 4.62. The summed E-state index contributed by atoms with van der Waals surface area (Å²) in [6.07, 6.45) is 0. The van der Waals surface area contributed by atoms with Gasteiger partial charge in [0, 0.05) is 11.1 Å². The highest BCUT2D eigenvalue weighted by molar-refractivity contribution is 9.09. The normalized spacial score (nSPS) is 12.2. The lowest BCUT2D eigenvalue weighted by Crippen LogP contribution is -2.15. The van der Waals surface area contributed by atoms with Gasteiger partial charge in [0.1, 0.15) is 0 Å². The van der Waals surface area contributed by atoms with Crippen LogP contribution >= 0.6 is 39.0 Å². The van der Waals surface area contributed by atoms with Gasteiger partial charge in [0.15, 0.2) is 4.34 Å². The second-order valence-corrected chi connectivity index (χ2v) is 7.35. The Labute approximate surface area is 113 Å². The molecule has 0 unspecified atom stereocenters. The van der Waals surface area contributed by atoms with Crippen molar-refractivity contribution in [3.05, 3.63) is 24.3 Å². The number of hydrogen-bond acceptors (Lipinski definition) is 3. The van der Waals surface area contributed by atoms with Gasteiger partial charge in [-0.05, 0) is 17.5 Å². The van der Waals surface area contributed by atoms with Gasteiger partial charge >= 0.3 is 0 Å². The number of thiazole rings is 1. The van der Waals surface area contributed by atoms with Crippen LogP contribution < -0.4 is 0 Å². The lowest BCUT2D eigenvalue weighted by molar-refractivity contribution is 0.496.